The van der Waals surface area contributed by atoms with Crippen LogP contribution in [0.5, 0.6) is 0 Å². The molecule has 1 amide bonds. The molecular formula is C14H8Br2N2OS2. The first kappa shape index (κ1) is 14.9. The van der Waals surface area contributed by atoms with Crippen molar-refractivity contribution >= 4 is 78.2 Å². The van der Waals surface area contributed by atoms with Gasteiger partial charge in [0, 0.05) is 9.35 Å². The van der Waals surface area contributed by atoms with Crippen LogP contribution in [-0.4, -0.2) is 11.0 Å². The molecule has 3 nitrogen and oxygen atoms in total. The van der Waals surface area contributed by atoms with Gasteiger partial charge in [0.15, 0.2) is 5.11 Å². The average molecular weight is 444 g/mol. The van der Waals surface area contributed by atoms with E-state index in [2.05, 4.69) is 37.2 Å². The Kier molecular flexibility index (Phi) is 4.26. The maximum Gasteiger partial charge on any atom is 0.281 e. The van der Waals surface area contributed by atoms with E-state index in [-0.39, 0.29) is 5.91 Å². The minimum atomic E-state index is -0.146. The molecule has 0 unspecified atom stereocenters. The van der Waals surface area contributed by atoms with Gasteiger partial charge in [0.1, 0.15) is 5.70 Å². The van der Waals surface area contributed by atoms with E-state index in [0.717, 1.165) is 18.8 Å². The van der Waals surface area contributed by atoms with Gasteiger partial charge in [-0.25, -0.2) is 0 Å². The first-order valence-corrected chi connectivity index (χ1v) is 8.74. The molecule has 1 aliphatic heterocycles. The Morgan fingerprint density at radius 1 is 1.24 bits per heavy atom. The fourth-order valence-electron chi connectivity index (χ4n) is 1.92. The third-order valence-corrected chi connectivity index (χ3v) is 6.33. The van der Waals surface area contributed by atoms with E-state index in [0.29, 0.717) is 10.8 Å². The normalized spacial score (nSPS) is 16.7. The summed E-state index contributed by atoms with van der Waals surface area (Å²) in [4.78, 5) is 15.0. The van der Waals surface area contributed by atoms with Crippen LogP contribution in [0, 0.1) is 0 Å². The molecular weight excluding hydrogens is 436 g/mol. The molecule has 0 aliphatic carbocycles. The summed E-state index contributed by atoms with van der Waals surface area (Å²) in [5.74, 6) is -0.146. The van der Waals surface area contributed by atoms with Crippen molar-refractivity contribution in [1.82, 2.24) is 5.32 Å². The summed E-state index contributed by atoms with van der Waals surface area (Å²) in [6, 6.07) is 11.3. The fraction of sp³-hybridized carbons (Fsp3) is 0. The lowest BCUT2D eigenvalue weighted by atomic mass is 10.3. The van der Waals surface area contributed by atoms with Crippen LogP contribution in [0.3, 0.4) is 0 Å². The standard InChI is InChI=1S/C14H8Br2N2OS2/c15-10-6-9(21-12(10)16)7-11-13(19)18(14(20)17-11)8-4-2-1-3-5-8/h1-7H,(H,17,20)/b11-7+. The molecule has 1 saturated heterocycles. The Labute approximate surface area is 147 Å². The lowest BCUT2D eigenvalue weighted by Crippen LogP contribution is -2.30. The third-order valence-electron chi connectivity index (χ3n) is 2.84. The minimum Gasteiger partial charge on any atom is -0.327 e. The highest BCUT2D eigenvalue weighted by molar-refractivity contribution is 9.13. The summed E-state index contributed by atoms with van der Waals surface area (Å²) in [7, 11) is 0. The minimum absolute atomic E-state index is 0.146. The summed E-state index contributed by atoms with van der Waals surface area (Å²) in [5.41, 5.74) is 1.24. The number of rotatable bonds is 2. The molecule has 0 spiro atoms. The van der Waals surface area contributed by atoms with Crippen LogP contribution < -0.4 is 10.2 Å². The number of hydrogen-bond donors (Lipinski definition) is 1. The zero-order chi connectivity index (χ0) is 15.0. The molecule has 0 radical (unpaired) electrons. The summed E-state index contributed by atoms with van der Waals surface area (Å²) >= 11 is 13.7. The zero-order valence-corrected chi connectivity index (χ0v) is 15.3. The maximum absolute atomic E-state index is 12.5. The topological polar surface area (TPSA) is 32.3 Å². The zero-order valence-electron chi connectivity index (χ0n) is 10.5. The van der Waals surface area contributed by atoms with Crippen molar-refractivity contribution in [3.05, 3.63) is 55.2 Å². The molecule has 1 fully saturated rings. The lowest BCUT2D eigenvalue weighted by molar-refractivity contribution is -0.113. The molecule has 21 heavy (non-hydrogen) atoms. The molecule has 1 aromatic heterocycles. The molecule has 3 rings (SSSR count). The van der Waals surface area contributed by atoms with Crippen molar-refractivity contribution in [2.75, 3.05) is 4.90 Å². The van der Waals surface area contributed by atoms with Gasteiger partial charge < -0.3 is 5.32 Å². The van der Waals surface area contributed by atoms with Crippen LogP contribution in [0.25, 0.3) is 6.08 Å². The Morgan fingerprint density at radius 3 is 2.57 bits per heavy atom. The number of halogens is 2. The number of thiophene rings is 1. The number of benzene rings is 1. The molecule has 0 saturated carbocycles. The van der Waals surface area contributed by atoms with Crippen LogP contribution in [0.15, 0.2) is 50.4 Å². The van der Waals surface area contributed by atoms with Gasteiger partial charge in [0.05, 0.1) is 9.47 Å². The number of carbonyl (C=O) groups excluding carboxylic acids is 1. The Bertz CT molecular complexity index is 736. The maximum atomic E-state index is 12.5. The van der Waals surface area contributed by atoms with Crippen molar-refractivity contribution in [2.45, 2.75) is 0 Å². The smallest absolute Gasteiger partial charge is 0.281 e. The van der Waals surface area contributed by atoms with Crippen LogP contribution in [0.4, 0.5) is 5.69 Å². The van der Waals surface area contributed by atoms with Crippen molar-refractivity contribution in [1.29, 1.82) is 0 Å². The summed E-state index contributed by atoms with van der Waals surface area (Å²) < 4.78 is 1.95. The van der Waals surface area contributed by atoms with E-state index >= 15 is 0 Å². The first-order chi connectivity index (χ1) is 10.1. The highest BCUT2D eigenvalue weighted by Gasteiger charge is 2.31. The monoisotopic (exact) mass is 442 g/mol. The third kappa shape index (κ3) is 2.96. The fourth-order valence-corrected chi connectivity index (χ4v) is 4.25. The van der Waals surface area contributed by atoms with E-state index < -0.39 is 0 Å². The SMILES string of the molecule is O=C1/C(=C\c2cc(Br)c(Br)s2)NC(=S)N1c1ccccc1. The van der Waals surface area contributed by atoms with Gasteiger partial charge in [0.2, 0.25) is 0 Å². The molecule has 1 N–H and O–H groups in total. The van der Waals surface area contributed by atoms with Gasteiger partial charge in [-0.15, -0.1) is 11.3 Å². The van der Waals surface area contributed by atoms with Crippen LogP contribution in [-0.2, 0) is 4.79 Å². The van der Waals surface area contributed by atoms with E-state index in [1.54, 1.807) is 17.4 Å². The van der Waals surface area contributed by atoms with Crippen molar-refractivity contribution < 1.29 is 4.79 Å². The second kappa shape index (κ2) is 6.00. The number of carbonyl (C=O) groups is 1. The highest BCUT2D eigenvalue weighted by atomic mass is 79.9. The van der Waals surface area contributed by atoms with E-state index in [1.165, 1.54) is 4.90 Å². The Hall–Kier alpha value is -1.02. The summed E-state index contributed by atoms with van der Waals surface area (Å²) in [5, 5.41) is 3.37. The molecule has 0 atom stereocenters. The second-order valence-electron chi connectivity index (χ2n) is 4.23. The van der Waals surface area contributed by atoms with E-state index in [4.69, 9.17) is 12.2 Å². The van der Waals surface area contributed by atoms with Crippen molar-refractivity contribution in [3.8, 4) is 0 Å². The lowest BCUT2D eigenvalue weighted by Gasteiger charge is -2.13. The molecule has 1 aliphatic rings. The summed E-state index contributed by atoms with van der Waals surface area (Å²) in [6.07, 6.45) is 1.80. The largest absolute Gasteiger partial charge is 0.327 e. The van der Waals surface area contributed by atoms with Gasteiger partial charge in [-0.05, 0) is 68.4 Å². The number of thiocarbonyl (C=S) groups is 1. The van der Waals surface area contributed by atoms with Crippen LogP contribution in [0.1, 0.15) is 4.88 Å². The number of amides is 1. The average Bonchev–Trinajstić information content (AvgIpc) is 2.91. The van der Waals surface area contributed by atoms with Gasteiger partial charge in [-0.3, -0.25) is 9.69 Å². The van der Waals surface area contributed by atoms with Crippen molar-refractivity contribution in [2.24, 2.45) is 0 Å². The molecule has 2 aromatic rings. The molecule has 7 heteroatoms. The summed E-state index contributed by atoms with van der Waals surface area (Å²) in [6.45, 7) is 0. The predicted octanol–water partition coefficient (Wildman–Crippen LogP) is 4.54. The number of nitrogens with one attached hydrogen (secondary N) is 1. The van der Waals surface area contributed by atoms with Gasteiger partial charge >= 0.3 is 0 Å². The molecule has 1 aromatic carbocycles. The number of hydrogen-bond acceptors (Lipinski definition) is 3. The van der Waals surface area contributed by atoms with Crippen molar-refractivity contribution in [3.63, 3.8) is 0 Å². The Balaban J connectivity index is 1.93. The second-order valence-corrected chi connectivity index (χ2v) is 7.88. The van der Waals surface area contributed by atoms with Gasteiger partial charge in [0.25, 0.3) is 5.91 Å². The quantitative estimate of drug-likeness (QED) is 0.546. The first-order valence-electron chi connectivity index (χ1n) is 5.93. The molecule has 2 heterocycles. The number of anilines is 1. The predicted molar refractivity (Wildman–Crippen MR) is 97.4 cm³/mol. The number of nitrogens with zero attached hydrogens (tertiary/aromatic N) is 1. The molecule has 106 valence electrons. The van der Waals surface area contributed by atoms with Gasteiger partial charge in [-0.2, -0.15) is 0 Å². The van der Waals surface area contributed by atoms with E-state index in [9.17, 15) is 4.79 Å². The number of para-hydroxylation sites is 1. The highest BCUT2D eigenvalue weighted by Crippen LogP contribution is 2.34. The Morgan fingerprint density at radius 2 is 1.95 bits per heavy atom. The van der Waals surface area contributed by atoms with E-state index in [1.807, 2.05) is 36.4 Å². The van der Waals surface area contributed by atoms with Crippen LogP contribution in [0.2, 0.25) is 0 Å². The van der Waals surface area contributed by atoms with Gasteiger partial charge in [-0.1, -0.05) is 18.2 Å². The molecule has 0 bridgehead atoms. The van der Waals surface area contributed by atoms with Crippen LogP contribution >= 0.6 is 55.4 Å².